The Morgan fingerprint density at radius 1 is 1.39 bits per heavy atom. The molecule has 0 spiro atoms. The molecule has 1 N–H and O–H groups in total. The lowest BCUT2D eigenvalue weighted by molar-refractivity contribution is 0.102. The zero-order valence-electron chi connectivity index (χ0n) is 9.37. The smallest absolute Gasteiger partial charge is 0.259 e. The average molecular weight is 322 g/mol. The minimum Gasteiger partial charge on any atom is -0.296 e. The molecule has 0 saturated carbocycles. The molecule has 2 rings (SSSR count). The van der Waals surface area contributed by atoms with Crippen molar-refractivity contribution < 1.29 is 4.79 Å². The van der Waals surface area contributed by atoms with E-state index in [1.807, 2.05) is 0 Å². The van der Waals surface area contributed by atoms with Crippen LogP contribution in [-0.4, -0.2) is 16.1 Å². The van der Waals surface area contributed by atoms with E-state index in [0.717, 1.165) is 29.2 Å². The molecule has 0 radical (unpaired) electrons. The number of hydrogen-bond donors (Lipinski definition) is 1. The van der Waals surface area contributed by atoms with Gasteiger partial charge < -0.3 is 0 Å². The second-order valence-electron chi connectivity index (χ2n) is 3.44. The number of aromatic nitrogens is 2. The van der Waals surface area contributed by atoms with Crippen molar-refractivity contribution >= 4 is 56.9 Å². The van der Waals surface area contributed by atoms with Crippen molar-refractivity contribution in [1.29, 1.82) is 0 Å². The summed E-state index contributed by atoms with van der Waals surface area (Å²) in [5, 5.41) is 11.9. The van der Waals surface area contributed by atoms with Gasteiger partial charge in [0.25, 0.3) is 5.91 Å². The van der Waals surface area contributed by atoms with E-state index in [0.29, 0.717) is 19.4 Å². The zero-order valence-corrected chi connectivity index (χ0v) is 12.5. The molecular weight excluding hydrogens is 313 g/mol. The predicted octanol–water partition coefficient (Wildman–Crippen LogP) is 4.11. The van der Waals surface area contributed by atoms with E-state index in [1.54, 1.807) is 0 Å². The Bertz CT molecular complexity index is 567. The molecule has 4 nitrogen and oxygen atoms in total. The summed E-state index contributed by atoms with van der Waals surface area (Å²) in [6.45, 7) is 2.06. The molecule has 0 bridgehead atoms. The van der Waals surface area contributed by atoms with Gasteiger partial charge in [-0.1, -0.05) is 41.5 Å². The van der Waals surface area contributed by atoms with Gasteiger partial charge >= 0.3 is 0 Å². The van der Waals surface area contributed by atoms with Crippen molar-refractivity contribution in [3.05, 3.63) is 25.3 Å². The second kappa shape index (κ2) is 5.97. The quantitative estimate of drug-likeness (QED) is 0.921. The number of aryl methyl sites for hydroxylation is 1. The summed E-state index contributed by atoms with van der Waals surface area (Å²) >= 11 is 14.2. The monoisotopic (exact) mass is 321 g/mol. The van der Waals surface area contributed by atoms with E-state index in [9.17, 15) is 4.79 Å². The topological polar surface area (TPSA) is 54.9 Å². The van der Waals surface area contributed by atoms with Gasteiger partial charge in [-0.15, -0.1) is 21.5 Å². The Morgan fingerprint density at radius 3 is 2.78 bits per heavy atom. The fourth-order valence-corrected chi connectivity index (χ4v) is 3.57. The van der Waals surface area contributed by atoms with Gasteiger partial charge in [0, 0.05) is 6.42 Å². The maximum absolute atomic E-state index is 11.9. The van der Waals surface area contributed by atoms with Gasteiger partial charge in [-0.05, 0) is 12.5 Å². The van der Waals surface area contributed by atoms with Crippen LogP contribution < -0.4 is 5.32 Å². The summed E-state index contributed by atoms with van der Waals surface area (Å²) in [5.74, 6) is -0.317. The first kappa shape index (κ1) is 13.7. The van der Waals surface area contributed by atoms with Crippen LogP contribution in [0.5, 0.6) is 0 Å². The number of carbonyl (C=O) groups excluding carboxylic acids is 1. The first-order valence-electron chi connectivity index (χ1n) is 5.18. The van der Waals surface area contributed by atoms with Crippen molar-refractivity contribution in [2.24, 2.45) is 0 Å². The van der Waals surface area contributed by atoms with Gasteiger partial charge in [0.1, 0.15) is 9.34 Å². The first-order valence-corrected chi connectivity index (χ1v) is 7.57. The van der Waals surface area contributed by atoms with Crippen LogP contribution in [0.1, 0.15) is 28.7 Å². The first-order chi connectivity index (χ1) is 8.60. The van der Waals surface area contributed by atoms with E-state index in [4.69, 9.17) is 23.2 Å². The van der Waals surface area contributed by atoms with Crippen LogP contribution >= 0.6 is 45.9 Å². The molecule has 0 aliphatic carbocycles. The van der Waals surface area contributed by atoms with Crippen LogP contribution in [0.3, 0.4) is 0 Å². The number of amides is 1. The predicted molar refractivity (Wildman–Crippen MR) is 76.2 cm³/mol. The summed E-state index contributed by atoms with van der Waals surface area (Å²) < 4.78 is 0.852. The molecule has 2 aromatic rings. The molecule has 2 heterocycles. The van der Waals surface area contributed by atoms with E-state index in [-0.39, 0.29) is 5.91 Å². The molecule has 0 aromatic carbocycles. The normalized spacial score (nSPS) is 10.6. The highest BCUT2D eigenvalue weighted by molar-refractivity contribution is 7.20. The lowest BCUT2D eigenvalue weighted by Crippen LogP contribution is -2.11. The Kier molecular flexibility index (Phi) is 4.55. The Balaban J connectivity index is 2.08. The summed E-state index contributed by atoms with van der Waals surface area (Å²) in [6.07, 6.45) is 1.85. The van der Waals surface area contributed by atoms with E-state index in [1.165, 1.54) is 17.4 Å². The van der Waals surface area contributed by atoms with Crippen LogP contribution in [0.4, 0.5) is 5.13 Å². The molecule has 0 fully saturated rings. The Labute approximate surface area is 122 Å². The number of rotatable bonds is 4. The maximum atomic E-state index is 11.9. The number of hydrogen-bond acceptors (Lipinski definition) is 5. The number of thiophene rings is 1. The number of nitrogens with zero attached hydrogens (tertiary/aromatic N) is 2. The number of halogens is 2. The van der Waals surface area contributed by atoms with Crippen molar-refractivity contribution in [1.82, 2.24) is 10.2 Å². The molecule has 0 atom stereocenters. The van der Waals surface area contributed by atoms with Gasteiger partial charge in [-0.25, -0.2) is 0 Å². The average Bonchev–Trinajstić information content (AvgIpc) is 2.86. The second-order valence-corrected chi connectivity index (χ2v) is 6.79. The molecule has 96 valence electrons. The van der Waals surface area contributed by atoms with Crippen LogP contribution in [0.25, 0.3) is 0 Å². The number of anilines is 1. The highest BCUT2D eigenvalue weighted by Gasteiger charge is 2.16. The molecule has 0 unspecified atom stereocenters. The highest BCUT2D eigenvalue weighted by atomic mass is 35.5. The van der Waals surface area contributed by atoms with Gasteiger partial charge in [0.2, 0.25) is 5.13 Å². The lowest BCUT2D eigenvalue weighted by Gasteiger charge is -1.98. The van der Waals surface area contributed by atoms with Crippen molar-refractivity contribution in [2.75, 3.05) is 5.32 Å². The van der Waals surface area contributed by atoms with Gasteiger partial charge in [0.05, 0.1) is 9.90 Å². The van der Waals surface area contributed by atoms with Crippen LogP contribution in [0.15, 0.2) is 6.07 Å². The molecule has 0 aliphatic heterocycles. The van der Waals surface area contributed by atoms with Crippen LogP contribution in [0, 0.1) is 0 Å². The largest absolute Gasteiger partial charge is 0.296 e. The maximum Gasteiger partial charge on any atom is 0.259 e. The van der Waals surface area contributed by atoms with E-state index < -0.39 is 0 Å². The zero-order chi connectivity index (χ0) is 13.1. The Hall–Kier alpha value is -0.690. The molecule has 1 amide bonds. The van der Waals surface area contributed by atoms with Gasteiger partial charge in [-0.3, -0.25) is 10.1 Å². The molecular formula is C10H9Cl2N3OS2. The fourth-order valence-electron chi connectivity index (χ4n) is 1.28. The standard InChI is InChI=1S/C10H9Cl2N3OS2/c1-2-3-7-14-15-10(18-7)13-9(16)5-4-6(11)17-8(5)12/h4H,2-3H2,1H3,(H,13,15,16). The third-order valence-corrected chi connectivity index (χ3v) is 4.44. The summed E-state index contributed by atoms with van der Waals surface area (Å²) in [7, 11) is 0. The Morgan fingerprint density at radius 2 is 2.17 bits per heavy atom. The number of carbonyl (C=O) groups is 1. The van der Waals surface area contributed by atoms with E-state index in [2.05, 4.69) is 22.4 Å². The highest BCUT2D eigenvalue weighted by Crippen LogP contribution is 2.31. The number of nitrogens with one attached hydrogen (secondary N) is 1. The van der Waals surface area contributed by atoms with Gasteiger partial charge in [-0.2, -0.15) is 0 Å². The summed E-state index contributed by atoms with van der Waals surface area (Å²) in [4.78, 5) is 11.9. The van der Waals surface area contributed by atoms with Gasteiger partial charge in [0.15, 0.2) is 0 Å². The fraction of sp³-hybridized carbons (Fsp3) is 0.300. The molecule has 18 heavy (non-hydrogen) atoms. The molecule has 2 aromatic heterocycles. The summed E-state index contributed by atoms with van der Waals surface area (Å²) in [5.41, 5.74) is 0.360. The van der Waals surface area contributed by atoms with Crippen molar-refractivity contribution in [3.63, 3.8) is 0 Å². The van der Waals surface area contributed by atoms with Crippen molar-refractivity contribution in [3.8, 4) is 0 Å². The molecule has 0 aliphatic rings. The lowest BCUT2D eigenvalue weighted by atomic mass is 10.3. The minimum atomic E-state index is -0.317. The van der Waals surface area contributed by atoms with Crippen LogP contribution in [-0.2, 0) is 6.42 Å². The summed E-state index contributed by atoms with van der Waals surface area (Å²) in [6, 6.07) is 1.54. The molecule has 8 heteroatoms. The third-order valence-electron chi connectivity index (χ3n) is 2.05. The third kappa shape index (κ3) is 3.20. The SMILES string of the molecule is CCCc1nnc(NC(=O)c2cc(Cl)sc2Cl)s1. The minimum absolute atomic E-state index is 0.317. The van der Waals surface area contributed by atoms with E-state index >= 15 is 0 Å². The van der Waals surface area contributed by atoms with Crippen molar-refractivity contribution in [2.45, 2.75) is 19.8 Å². The van der Waals surface area contributed by atoms with Crippen LogP contribution in [0.2, 0.25) is 8.67 Å². The molecule has 0 saturated heterocycles.